The zero-order valence-electron chi connectivity index (χ0n) is 15.1. The van der Waals surface area contributed by atoms with Crippen molar-refractivity contribution >= 4 is 22.6 Å². The molecule has 1 saturated heterocycles. The first-order valence-corrected chi connectivity index (χ1v) is 8.96. The Hall–Kier alpha value is -2.95. The van der Waals surface area contributed by atoms with Crippen LogP contribution in [0.4, 0.5) is 5.82 Å². The Balaban J connectivity index is 1.58. The zero-order valence-corrected chi connectivity index (χ0v) is 15.1. The Morgan fingerprint density at radius 1 is 1.00 bits per heavy atom. The molecular formula is C21H22N4O. The Labute approximate surface area is 153 Å². The largest absolute Gasteiger partial charge is 0.353 e. The Morgan fingerprint density at radius 3 is 2.54 bits per heavy atom. The molecule has 3 aromatic rings. The normalized spacial score (nSPS) is 14.7. The zero-order chi connectivity index (χ0) is 18.1. The van der Waals surface area contributed by atoms with Gasteiger partial charge in [0.1, 0.15) is 5.82 Å². The number of anilines is 1. The van der Waals surface area contributed by atoms with Crippen LogP contribution in [0.5, 0.6) is 0 Å². The monoisotopic (exact) mass is 346 g/mol. The molecule has 0 radical (unpaired) electrons. The van der Waals surface area contributed by atoms with Gasteiger partial charge in [-0.3, -0.25) is 9.78 Å². The van der Waals surface area contributed by atoms with Crippen molar-refractivity contribution < 1.29 is 4.79 Å². The summed E-state index contributed by atoms with van der Waals surface area (Å²) in [6, 6.07) is 13.9. The van der Waals surface area contributed by atoms with Gasteiger partial charge in [0.05, 0.1) is 11.1 Å². The highest BCUT2D eigenvalue weighted by atomic mass is 16.2. The van der Waals surface area contributed by atoms with E-state index in [0.29, 0.717) is 13.1 Å². The number of piperazine rings is 1. The van der Waals surface area contributed by atoms with Crippen molar-refractivity contribution in [1.29, 1.82) is 0 Å². The van der Waals surface area contributed by atoms with Crippen LogP contribution in [0.1, 0.15) is 21.6 Å². The molecule has 1 aliphatic rings. The highest BCUT2D eigenvalue weighted by Gasteiger charge is 2.24. The predicted molar refractivity (Wildman–Crippen MR) is 104 cm³/mol. The number of rotatable bonds is 2. The van der Waals surface area contributed by atoms with Crippen LogP contribution >= 0.6 is 0 Å². The maximum atomic E-state index is 13.2. The lowest BCUT2D eigenvalue weighted by Gasteiger charge is -2.35. The summed E-state index contributed by atoms with van der Waals surface area (Å²) in [5.74, 6) is 1.06. The second-order valence-electron chi connectivity index (χ2n) is 6.75. The van der Waals surface area contributed by atoms with Crippen LogP contribution in [-0.2, 0) is 0 Å². The SMILES string of the molecule is Cc1cc(C(=O)N2CCN(c3ccccn3)CC2)c2cccc(C)c2n1. The number of pyridine rings is 2. The highest BCUT2D eigenvalue weighted by molar-refractivity contribution is 6.06. The van der Waals surface area contributed by atoms with E-state index >= 15 is 0 Å². The van der Waals surface area contributed by atoms with E-state index in [4.69, 9.17) is 0 Å². The summed E-state index contributed by atoms with van der Waals surface area (Å²) in [6.07, 6.45) is 1.81. The summed E-state index contributed by atoms with van der Waals surface area (Å²) >= 11 is 0. The minimum Gasteiger partial charge on any atom is -0.353 e. The number of hydrogen-bond acceptors (Lipinski definition) is 4. The molecule has 2 aromatic heterocycles. The lowest BCUT2D eigenvalue weighted by molar-refractivity contribution is 0.0748. The topological polar surface area (TPSA) is 49.3 Å². The number of nitrogens with zero attached hydrogens (tertiary/aromatic N) is 4. The number of aryl methyl sites for hydroxylation is 2. The molecule has 1 aliphatic heterocycles. The first kappa shape index (κ1) is 16.5. The third-order valence-electron chi connectivity index (χ3n) is 4.94. The Kier molecular flexibility index (Phi) is 4.29. The van der Waals surface area contributed by atoms with Gasteiger partial charge in [0.25, 0.3) is 5.91 Å². The highest BCUT2D eigenvalue weighted by Crippen LogP contribution is 2.23. The van der Waals surface area contributed by atoms with Crippen molar-refractivity contribution in [2.75, 3.05) is 31.1 Å². The fraction of sp³-hybridized carbons (Fsp3) is 0.286. The van der Waals surface area contributed by atoms with E-state index in [2.05, 4.69) is 14.9 Å². The molecule has 0 saturated carbocycles. The fourth-order valence-corrected chi connectivity index (χ4v) is 3.55. The minimum atomic E-state index is 0.0896. The Bertz CT molecular complexity index is 947. The summed E-state index contributed by atoms with van der Waals surface area (Å²) in [4.78, 5) is 26.4. The number of fused-ring (bicyclic) bond motifs is 1. The first-order chi connectivity index (χ1) is 12.6. The lowest BCUT2D eigenvalue weighted by atomic mass is 10.0. The van der Waals surface area contributed by atoms with Gasteiger partial charge in [-0.2, -0.15) is 0 Å². The number of carbonyl (C=O) groups excluding carboxylic acids is 1. The molecule has 0 unspecified atom stereocenters. The molecule has 4 rings (SSSR count). The van der Waals surface area contributed by atoms with Crippen LogP contribution in [0.3, 0.4) is 0 Å². The quantitative estimate of drug-likeness (QED) is 0.715. The van der Waals surface area contributed by atoms with Gasteiger partial charge in [-0.05, 0) is 37.6 Å². The molecular weight excluding hydrogens is 324 g/mol. The van der Waals surface area contributed by atoms with Crippen LogP contribution in [0.2, 0.25) is 0 Å². The van der Waals surface area contributed by atoms with Gasteiger partial charge >= 0.3 is 0 Å². The van der Waals surface area contributed by atoms with Crippen LogP contribution < -0.4 is 4.90 Å². The molecule has 1 aromatic carbocycles. The van der Waals surface area contributed by atoms with Gasteiger partial charge < -0.3 is 9.80 Å². The molecule has 5 nitrogen and oxygen atoms in total. The molecule has 5 heteroatoms. The van der Waals surface area contributed by atoms with E-state index in [-0.39, 0.29) is 5.91 Å². The number of amides is 1. The van der Waals surface area contributed by atoms with Crippen molar-refractivity contribution in [3.05, 3.63) is 65.5 Å². The van der Waals surface area contributed by atoms with Crippen molar-refractivity contribution in [1.82, 2.24) is 14.9 Å². The molecule has 0 atom stereocenters. The van der Waals surface area contributed by atoms with Gasteiger partial charge in [0, 0.05) is 43.5 Å². The molecule has 0 spiro atoms. The van der Waals surface area contributed by atoms with Crippen LogP contribution in [0.25, 0.3) is 10.9 Å². The van der Waals surface area contributed by atoms with Gasteiger partial charge in [-0.25, -0.2) is 4.98 Å². The van der Waals surface area contributed by atoms with Crippen molar-refractivity contribution in [3.63, 3.8) is 0 Å². The fourth-order valence-electron chi connectivity index (χ4n) is 3.55. The molecule has 3 heterocycles. The summed E-state index contributed by atoms with van der Waals surface area (Å²) in [7, 11) is 0. The maximum absolute atomic E-state index is 13.2. The van der Waals surface area contributed by atoms with E-state index in [0.717, 1.165) is 46.6 Å². The van der Waals surface area contributed by atoms with Crippen molar-refractivity contribution in [2.45, 2.75) is 13.8 Å². The molecule has 0 aliphatic carbocycles. The minimum absolute atomic E-state index is 0.0896. The smallest absolute Gasteiger partial charge is 0.254 e. The number of aromatic nitrogens is 2. The predicted octanol–water partition coefficient (Wildman–Crippen LogP) is 3.21. The molecule has 0 N–H and O–H groups in total. The van der Waals surface area contributed by atoms with Crippen molar-refractivity contribution in [2.24, 2.45) is 0 Å². The standard InChI is InChI=1S/C21H22N4O/c1-15-6-5-7-17-18(14-16(2)23-20(15)17)21(26)25-12-10-24(11-13-25)19-8-3-4-9-22-19/h3-9,14H,10-13H2,1-2H3. The average molecular weight is 346 g/mol. The van der Waals surface area contributed by atoms with Crippen LogP contribution in [0, 0.1) is 13.8 Å². The number of hydrogen-bond donors (Lipinski definition) is 0. The number of para-hydroxylation sites is 1. The maximum Gasteiger partial charge on any atom is 0.254 e. The second-order valence-corrected chi connectivity index (χ2v) is 6.75. The van der Waals surface area contributed by atoms with Gasteiger partial charge in [0.15, 0.2) is 0 Å². The molecule has 1 fully saturated rings. The number of carbonyl (C=O) groups is 1. The van der Waals surface area contributed by atoms with Crippen LogP contribution in [-0.4, -0.2) is 47.0 Å². The first-order valence-electron chi connectivity index (χ1n) is 8.96. The average Bonchev–Trinajstić information content (AvgIpc) is 2.68. The lowest BCUT2D eigenvalue weighted by Crippen LogP contribution is -2.49. The van der Waals surface area contributed by atoms with E-state index < -0.39 is 0 Å². The summed E-state index contributed by atoms with van der Waals surface area (Å²) in [6.45, 7) is 6.97. The Morgan fingerprint density at radius 2 is 1.81 bits per heavy atom. The molecule has 1 amide bonds. The van der Waals surface area contributed by atoms with E-state index in [9.17, 15) is 4.79 Å². The molecule has 0 bridgehead atoms. The summed E-state index contributed by atoms with van der Waals surface area (Å²) in [5.41, 5.74) is 3.65. The van der Waals surface area contributed by atoms with Crippen molar-refractivity contribution in [3.8, 4) is 0 Å². The van der Waals surface area contributed by atoms with Gasteiger partial charge in [-0.15, -0.1) is 0 Å². The van der Waals surface area contributed by atoms with E-state index in [1.165, 1.54) is 0 Å². The molecule has 26 heavy (non-hydrogen) atoms. The third kappa shape index (κ3) is 3.01. The van der Waals surface area contributed by atoms with E-state index in [1.807, 2.05) is 61.2 Å². The second kappa shape index (κ2) is 6.75. The molecule has 132 valence electrons. The number of benzene rings is 1. The van der Waals surface area contributed by atoms with Gasteiger partial charge in [-0.1, -0.05) is 24.3 Å². The third-order valence-corrected chi connectivity index (χ3v) is 4.94. The summed E-state index contributed by atoms with van der Waals surface area (Å²) < 4.78 is 0. The van der Waals surface area contributed by atoms with Crippen LogP contribution in [0.15, 0.2) is 48.7 Å². The van der Waals surface area contributed by atoms with Gasteiger partial charge in [0.2, 0.25) is 0 Å². The van der Waals surface area contributed by atoms with E-state index in [1.54, 1.807) is 6.20 Å². The summed E-state index contributed by atoms with van der Waals surface area (Å²) in [5, 5.41) is 0.938.